The summed E-state index contributed by atoms with van der Waals surface area (Å²) in [4.78, 5) is 4.12. The third-order valence-electron chi connectivity index (χ3n) is 2.08. The van der Waals surface area contributed by atoms with Gasteiger partial charge in [0, 0.05) is 17.6 Å². The molecule has 0 saturated carbocycles. The molecule has 5 heteroatoms. The maximum absolute atomic E-state index is 5.59. The molecule has 0 saturated heterocycles. The fourth-order valence-corrected chi connectivity index (χ4v) is 1.50. The number of rotatable bonds is 2. The second-order valence-corrected chi connectivity index (χ2v) is 3.82. The zero-order chi connectivity index (χ0) is 12.1. The Kier molecular flexibility index (Phi) is 3.52. The molecule has 0 fully saturated rings. The molecular weight excluding hydrogens is 232 g/mol. The van der Waals surface area contributed by atoms with E-state index in [1.165, 1.54) is 0 Å². The van der Waals surface area contributed by atoms with Crippen molar-refractivity contribution in [3.05, 3.63) is 48.7 Å². The number of nitrogens with zero attached hydrogens (tertiary/aromatic N) is 1. The molecule has 1 aromatic heterocycles. The van der Waals surface area contributed by atoms with Gasteiger partial charge in [0.25, 0.3) is 0 Å². The number of hydrogen-bond donors (Lipinski definition) is 3. The maximum Gasteiger partial charge on any atom is 0.176 e. The third kappa shape index (κ3) is 3.42. The summed E-state index contributed by atoms with van der Waals surface area (Å²) in [7, 11) is 0. The van der Waals surface area contributed by atoms with Gasteiger partial charge in [0.05, 0.1) is 0 Å². The first-order chi connectivity index (χ1) is 8.24. The number of aromatic nitrogens is 1. The molecule has 0 unspecified atom stereocenters. The van der Waals surface area contributed by atoms with E-state index in [0.29, 0.717) is 10.9 Å². The Morgan fingerprint density at radius 1 is 1.06 bits per heavy atom. The predicted molar refractivity (Wildman–Crippen MR) is 74.9 cm³/mol. The molecule has 1 heterocycles. The van der Waals surface area contributed by atoms with Crippen LogP contribution in [0.1, 0.15) is 0 Å². The van der Waals surface area contributed by atoms with E-state index in [-0.39, 0.29) is 0 Å². The van der Waals surface area contributed by atoms with Gasteiger partial charge in [0.15, 0.2) is 5.11 Å². The molecule has 0 atom stereocenters. The van der Waals surface area contributed by atoms with Gasteiger partial charge >= 0.3 is 0 Å². The summed E-state index contributed by atoms with van der Waals surface area (Å²) in [6.07, 6.45) is 1.70. The van der Waals surface area contributed by atoms with Crippen molar-refractivity contribution < 1.29 is 0 Å². The number of nitrogens with two attached hydrogens (primary N) is 1. The Morgan fingerprint density at radius 3 is 2.47 bits per heavy atom. The van der Waals surface area contributed by atoms with Crippen molar-refractivity contribution in [3.8, 4) is 0 Å². The summed E-state index contributed by atoms with van der Waals surface area (Å²) in [5, 5.41) is 6.52. The van der Waals surface area contributed by atoms with Gasteiger partial charge in [-0.05, 0) is 48.6 Å². The van der Waals surface area contributed by atoms with Crippen molar-refractivity contribution in [1.82, 2.24) is 4.98 Å². The number of hydrogen-bond acceptors (Lipinski definition) is 3. The zero-order valence-electron chi connectivity index (χ0n) is 9.05. The van der Waals surface area contributed by atoms with Crippen LogP contribution >= 0.6 is 12.2 Å². The molecule has 2 aromatic rings. The first-order valence-corrected chi connectivity index (χ1v) is 5.49. The van der Waals surface area contributed by atoms with Crippen molar-refractivity contribution in [1.29, 1.82) is 0 Å². The largest absolute Gasteiger partial charge is 0.399 e. The number of pyridine rings is 1. The van der Waals surface area contributed by atoms with E-state index in [4.69, 9.17) is 18.0 Å². The van der Waals surface area contributed by atoms with Gasteiger partial charge in [0.2, 0.25) is 0 Å². The summed E-state index contributed by atoms with van der Waals surface area (Å²) < 4.78 is 0. The smallest absolute Gasteiger partial charge is 0.176 e. The lowest BCUT2D eigenvalue weighted by Gasteiger charge is -2.09. The molecular formula is C12H12N4S. The molecule has 0 aliphatic rings. The zero-order valence-corrected chi connectivity index (χ0v) is 9.87. The van der Waals surface area contributed by atoms with E-state index in [1.807, 2.05) is 42.5 Å². The van der Waals surface area contributed by atoms with Crippen LogP contribution in [0.5, 0.6) is 0 Å². The number of nitrogens with one attached hydrogen (secondary N) is 2. The van der Waals surface area contributed by atoms with Crippen molar-refractivity contribution in [2.75, 3.05) is 16.4 Å². The highest BCUT2D eigenvalue weighted by molar-refractivity contribution is 7.80. The Morgan fingerprint density at radius 2 is 1.82 bits per heavy atom. The lowest BCUT2D eigenvalue weighted by atomic mass is 10.3. The SMILES string of the molecule is Nc1ccc(NC(=S)Nc2ccccn2)cc1. The highest BCUT2D eigenvalue weighted by atomic mass is 32.1. The minimum absolute atomic E-state index is 0.494. The van der Waals surface area contributed by atoms with E-state index in [9.17, 15) is 0 Å². The molecule has 86 valence electrons. The molecule has 2 rings (SSSR count). The van der Waals surface area contributed by atoms with Crippen molar-refractivity contribution >= 4 is 34.5 Å². The topological polar surface area (TPSA) is 63.0 Å². The van der Waals surface area contributed by atoms with E-state index in [1.54, 1.807) is 6.20 Å². The lowest BCUT2D eigenvalue weighted by Crippen LogP contribution is -2.19. The number of thiocarbonyl (C=S) groups is 1. The van der Waals surface area contributed by atoms with E-state index >= 15 is 0 Å². The standard InChI is InChI=1S/C12H12N4S/c13-9-4-6-10(7-5-9)15-12(17)16-11-3-1-2-8-14-11/h1-8H,13H2,(H2,14,15,16,17). The van der Waals surface area contributed by atoms with Gasteiger partial charge in [-0.3, -0.25) is 0 Å². The quantitative estimate of drug-likeness (QED) is 0.559. The number of benzene rings is 1. The minimum atomic E-state index is 0.494. The van der Waals surface area contributed by atoms with Crippen LogP contribution in [-0.4, -0.2) is 10.1 Å². The fourth-order valence-electron chi connectivity index (χ4n) is 1.28. The molecule has 0 bridgehead atoms. The van der Waals surface area contributed by atoms with Crippen LogP contribution in [0.15, 0.2) is 48.7 Å². The summed E-state index contributed by atoms with van der Waals surface area (Å²) in [5.41, 5.74) is 7.20. The molecule has 0 spiro atoms. The van der Waals surface area contributed by atoms with Crippen LogP contribution in [0, 0.1) is 0 Å². The second-order valence-electron chi connectivity index (χ2n) is 3.42. The van der Waals surface area contributed by atoms with E-state index in [0.717, 1.165) is 11.4 Å². The van der Waals surface area contributed by atoms with Crippen LogP contribution in [-0.2, 0) is 0 Å². The lowest BCUT2D eigenvalue weighted by molar-refractivity contribution is 1.32. The van der Waals surface area contributed by atoms with Crippen molar-refractivity contribution in [2.45, 2.75) is 0 Å². The normalized spacial score (nSPS) is 9.65. The van der Waals surface area contributed by atoms with Crippen LogP contribution in [0.3, 0.4) is 0 Å². The van der Waals surface area contributed by atoms with E-state index in [2.05, 4.69) is 15.6 Å². The Hall–Kier alpha value is -2.14. The molecule has 0 radical (unpaired) electrons. The maximum atomic E-state index is 5.59. The van der Waals surface area contributed by atoms with Gasteiger partial charge in [-0.25, -0.2) is 4.98 Å². The summed E-state index contributed by atoms with van der Waals surface area (Å²) in [6.45, 7) is 0. The molecule has 17 heavy (non-hydrogen) atoms. The van der Waals surface area contributed by atoms with Crippen molar-refractivity contribution in [2.24, 2.45) is 0 Å². The minimum Gasteiger partial charge on any atom is -0.399 e. The van der Waals surface area contributed by atoms with Crippen molar-refractivity contribution in [3.63, 3.8) is 0 Å². The van der Waals surface area contributed by atoms with Crippen LogP contribution in [0.25, 0.3) is 0 Å². The first-order valence-electron chi connectivity index (χ1n) is 5.08. The van der Waals surface area contributed by atoms with Gasteiger partial charge in [0.1, 0.15) is 5.82 Å². The fraction of sp³-hybridized carbons (Fsp3) is 0. The van der Waals surface area contributed by atoms with Crippen LogP contribution in [0.4, 0.5) is 17.2 Å². The average molecular weight is 244 g/mol. The van der Waals surface area contributed by atoms with Crippen LogP contribution < -0.4 is 16.4 Å². The molecule has 4 nitrogen and oxygen atoms in total. The molecule has 0 aliphatic heterocycles. The molecule has 4 N–H and O–H groups in total. The van der Waals surface area contributed by atoms with Gasteiger partial charge in [-0.2, -0.15) is 0 Å². The number of nitrogen functional groups attached to an aromatic ring is 1. The highest BCUT2D eigenvalue weighted by Gasteiger charge is 1.98. The van der Waals surface area contributed by atoms with Crippen LogP contribution in [0.2, 0.25) is 0 Å². The first kappa shape index (κ1) is 11.3. The third-order valence-corrected chi connectivity index (χ3v) is 2.28. The monoisotopic (exact) mass is 244 g/mol. The predicted octanol–water partition coefficient (Wildman–Crippen LogP) is 2.47. The number of anilines is 3. The second kappa shape index (κ2) is 5.27. The van der Waals surface area contributed by atoms with Gasteiger partial charge in [-0.1, -0.05) is 6.07 Å². The van der Waals surface area contributed by atoms with Gasteiger partial charge < -0.3 is 16.4 Å². The molecule has 0 amide bonds. The summed E-state index contributed by atoms with van der Waals surface area (Å²) in [6, 6.07) is 12.9. The van der Waals surface area contributed by atoms with E-state index < -0.39 is 0 Å². The Bertz CT molecular complexity index is 496. The molecule has 1 aromatic carbocycles. The van der Waals surface area contributed by atoms with Gasteiger partial charge in [-0.15, -0.1) is 0 Å². The Balaban J connectivity index is 1.96. The Labute approximate surface area is 105 Å². The molecule has 0 aliphatic carbocycles. The highest BCUT2D eigenvalue weighted by Crippen LogP contribution is 2.11. The average Bonchev–Trinajstić information content (AvgIpc) is 2.33. The summed E-state index contributed by atoms with van der Waals surface area (Å²) in [5.74, 6) is 0.709. The summed E-state index contributed by atoms with van der Waals surface area (Å²) >= 11 is 5.16.